The number of nitriles is 1. The summed E-state index contributed by atoms with van der Waals surface area (Å²) in [5.74, 6) is 0. The molecule has 0 aliphatic rings. The SMILES string of the molecule is COC(C)(C)C[C@H](C)NCc1ccc(C#N)cc1. The molecule has 0 aliphatic heterocycles. The van der Waals surface area contributed by atoms with Crippen LogP contribution >= 0.6 is 0 Å². The Morgan fingerprint density at radius 2 is 1.94 bits per heavy atom. The van der Waals surface area contributed by atoms with E-state index in [1.807, 2.05) is 24.3 Å². The van der Waals surface area contributed by atoms with Crippen molar-refractivity contribution in [3.8, 4) is 6.07 Å². The first-order valence-electron chi connectivity index (χ1n) is 6.24. The molecule has 0 fully saturated rings. The van der Waals surface area contributed by atoms with E-state index in [9.17, 15) is 0 Å². The van der Waals surface area contributed by atoms with Crippen LogP contribution in [0.15, 0.2) is 24.3 Å². The van der Waals surface area contributed by atoms with Gasteiger partial charge in [-0.3, -0.25) is 0 Å². The van der Waals surface area contributed by atoms with Crippen LogP contribution in [0.2, 0.25) is 0 Å². The molecule has 0 amide bonds. The zero-order valence-electron chi connectivity index (χ0n) is 11.7. The molecule has 1 atom stereocenters. The van der Waals surface area contributed by atoms with Gasteiger partial charge < -0.3 is 10.1 Å². The van der Waals surface area contributed by atoms with Gasteiger partial charge in [0.15, 0.2) is 0 Å². The van der Waals surface area contributed by atoms with Gasteiger partial charge in [0.1, 0.15) is 0 Å². The van der Waals surface area contributed by atoms with Gasteiger partial charge in [-0.15, -0.1) is 0 Å². The van der Waals surface area contributed by atoms with Crippen molar-refractivity contribution < 1.29 is 4.74 Å². The van der Waals surface area contributed by atoms with Crippen LogP contribution in [-0.4, -0.2) is 18.8 Å². The summed E-state index contributed by atoms with van der Waals surface area (Å²) in [7, 11) is 1.74. The molecule has 0 aromatic heterocycles. The molecule has 0 aliphatic carbocycles. The zero-order chi connectivity index (χ0) is 13.6. The lowest BCUT2D eigenvalue weighted by molar-refractivity contribution is 0.00844. The molecule has 18 heavy (non-hydrogen) atoms. The molecular weight excluding hydrogens is 224 g/mol. The second-order valence-electron chi connectivity index (χ2n) is 5.26. The molecule has 0 spiro atoms. The number of nitrogens with one attached hydrogen (secondary N) is 1. The molecule has 0 radical (unpaired) electrons. The highest BCUT2D eigenvalue weighted by molar-refractivity contribution is 5.31. The number of rotatable bonds is 6. The van der Waals surface area contributed by atoms with Crippen LogP contribution in [0, 0.1) is 11.3 Å². The summed E-state index contributed by atoms with van der Waals surface area (Å²) in [6, 6.07) is 10.2. The van der Waals surface area contributed by atoms with Crippen molar-refractivity contribution in [1.82, 2.24) is 5.32 Å². The lowest BCUT2D eigenvalue weighted by Gasteiger charge is -2.27. The Morgan fingerprint density at radius 1 is 1.33 bits per heavy atom. The van der Waals surface area contributed by atoms with E-state index in [0.29, 0.717) is 11.6 Å². The van der Waals surface area contributed by atoms with Crippen LogP contribution in [0.1, 0.15) is 38.3 Å². The van der Waals surface area contributed by atoms with E-state index in [1.54, 1.807) is 7.11 Å². The smallest absolute Gasteiger partial charge is 0.0991 e. The van der Waals surface area contributed by atoms with Crippen LogP contribution in [0.25, 0.3) is 0 Å². The third-order valence-electron chi connectivity index (χ3n) is 3.09. The minimum Gasteiger partial charge on any atom is -0.379 e. The fourth-order valence-electron chi connectivity index (χ4n) is 1.88. The molecule has 1 aromatic rings. The second kappa shape index (κ2) is 6.53. The Morgan fingerprint density at radius 3 is 2.44 bits per heavy atom. The van der Waals surface area contributed by atoms with Gasteiger partial charge in [-0.25, -0.2) is 0 Å². The third-order valence-corrected chi connectivity index (χ3v) is 3.09. The number of hydrogen-bond acceptors (Lipinski definition) is 3. The summed E-state index contributed by atoms with van der Waals surface area (Å²) >= 11 is 0. The number of ether oxygens (including phenoxy) is 1. The predicted octanol–water partition coefficient (Wildman–Crippen LogP) is 2.85. The number of hydrogen-bond donors (Lipinski definition) is 1. The normalized spacial score (nSPS) is 13.1. The van der Waals surface area contributed by atoms with E-state index in [0.717, 1.165) is 13.0 Å². The van der Waals surface area contributed by atoms with Crippen molar-refractivity contribution in [2.24, 2.45) is 0 Å². The summed E-state index contributed by atoms with van der Waals surface area (Å²) < 4.78 is 5.41. The fourth-order valence-corrected chi connectivity index (χ4v) is 1.88. The average Bonchev–Trinajstić information content (AvgIpc) is 2.36. The van der Waals surface area contributed by atoms with E-state index in [1.165, 1.54) is 5.56 Å². The third kappa shape index (κ3) is 4.87. The van der Waals surface area contributed by atoms with E-state index in [2.05, 4.69) is 32.2 Å². The van der Waals surface area contributed by atoms with Crippen LogP contribution in [-0.2, 0) is 11.3 Å². The summed E-state index contributed by atoms with van der Waals surface area (Å²) in [6.07, 6.45) is 0.958. The van der Waals surface area contributed by atoms with Crippen molar-refractivity contribution >= 4 is 0 Å². The molecule has 0 unspecified atom stereocenters. The van der Waals surface area contributed by atoms with Crippen LogP contribution in [0.5, 0.6) is 0 Å². The Kier molecular flexibility index (Phi) is 5.33. The van der Waals surface area contributed by atoms with Crippen molar-refractivity contribution in [2.75, 3.05) is 7.11 Å². The highest BCUT2D eigenvalue weighted by Crippen LogP contribution is 2.15. The molecule has 0 heterocycles. The van der Waals surface area contributed by atoms with Gasteiger partial charge in [0.25, 0.3) is 0 Å². The minimum atomic E-state index is -0.100. The summed E-state index contributed by atoms with van der Waals surface area (Å²) in [4.78, 5) is 0. The van der Waals surface area contributed by atoms with E-state index in [-0.39, 0.29) is 5.60 Å². The van der Waals surface area contributed by atoms with Crippen molar-refractivity contribution in [1.29, 1.82) is 5.26 Å². The quantitative estimate of drug-likeness (QED) is 0.839. The Balaban J connectivity index is 2.42. The van der Waals surface area contributed by atoms with E-state index in [4.69, 9.17) is 10.00 Å². The maximum atomic E-state index is 8.72. The van der Waals surface area contributed by atoms with Gasteiger partial charge >= 0.3 is 0 Å². The fraction of sp³-hybridized carbons (Fsp3) is 0.533. The van der Waals surface area contributed by atoms with Crippen LogP contribution < -0.4 is 5.32 Å². The predicted molar refractivity (Wildman–Crippen MR) is 73.2 cm³/mol. The Hall–Kier alpha value is -1.37. The monoisotopic (exact) mass is 246 g/mol. The largest absolute Gasteiger partial charge is 0.379 e. The molecule has 0 saturated carbocycles. The lowest BCUT2D eigenvalue weighted by Crippen LogP contribution is -2.35. The topological polar surface area (TPSA) is 45.0 Å². The number of methoxy groups -OCH3 is 1. The van der Waals surface area contributed by atoms with E-state index < -0.39 is 0 Å². The van der Waals surface area contributed by atoms with Crippen molar-refractivity contribution in [2.45, 2.75) is 45.4 Å². The van der Waals surface area contributed by atoms with Crippen molar-refractivity contribution in [3.63, 3.8) is 0 Å². The second-order valence-corrected chi connectivity index (χ2v) is 5.26. The summed E-state index contributed by atoms with van der Waals surface area (Å²) in [6.45, 7) is 7.15. The van der Waals surface area contributed by atoms with Gasteiger partial charge in [0.05, 0.1) is 17.2 Å². The van der Waals surface area contributed by atoms with Gasteiger partial charge in [0, 0.05) is 19.7 Å². The number of nitrogens with zero attached hydrogens (tertiary/aromatic N) is 1. The summed E-state index contributed by atoms with van der Waals surface area (Å²) in [5, 5.41) is 12.2. The first-order valence-corrected chi connectivity index (χ1v) is 6.24. The maximum Gasteiger partial charge on any atom is 0.0991 e. The molecule has 0 bridgehead atoms. The van der Waals surface area contributed by atoms with Gasteiger partial charge in [-0.1, -0.05) is 12.1 Å². The molecule has 3 nitrogen and oxygen atoms in total. The molecule has 0 saturated heterocycles. The Bertz CT molecular complexity index is 403. The average molecular weight is 246 g/mol. The molecule has 1 aromatic carbocycles. The number of benzene rings is 1. The Labute approximate surface area is 110 Å². The lowest BCUT2D eigenvalue weighted by atomic mass is 9.99. The minimum absolute atomic E-state index is 0.100. The molecular formula is C15H22N2O. The van der Waals surface area contributed by atoms with Crippen LogP contribution in [0.4, 0.5) is 0 Å². The zero-order valence-corrected chi connectivity index (χ0v) is 11.7. The standard InChI is InChI=1S/C15H22N2O/c1-12(9-15(2,3)18-4)17-11-14-7-5-13(10-16)6-8-14/h5-8,12,17H,9,11H2,1-4H3/t12-/m0/s1. The molecule has 98 valence electrons. The van der Waals surface area contributed by atoms with Gasteiger partial charge in [-0.05, 0) is 44.9 Å². The van der Waals surface area contributed by atoms with Gasteiger partial charge in [0.2, 0.25) is 0 Å². The highest BCUT2D eigenvalue weighted by atomic mass is 16.5. The molecule has 3 heteroatoms. The first kappa shape index (κ1) is 14.7. The molecule has 1 N–H and O–H groups in total. The molecule has 1 rings (SSSR count). The van der Waals surface area contributed by atoms with Crippen molar-refractivity contribution in [3.05, 3.63) is 35.4 Å². The van der Waals surface area contributed by atoms with E-state index >= 15 is 0 Å². The maximum absolute atomic E-state index is 8.72. The highest BCUT2D eigenvalue weighted by Gasteiger charge is 2.19. The van der Waals surface area contributed by atoms with Gasteiger partial charge in [-0.2, -0.15) is 5.26 Å². The first-order chi connectivity index (χ1) is 8.46. The summed E-state index contributed by atoms with van der Waals surface area (Å²) in [5.41, 5.74) is 1.79. The van der Waals surface area contributed by atoms with Crippen LogP contribution in [0.3, 0.4) is 0 Å².